The summed E-state index contributed by atoms with van der Waals surface area (Å²) in [4.78, 5) is 1.08. The van der Waals surface area contributed by atoms with Crippen LogP contribution in [-0.2, 0) is 6.54 Å². The number of hydrogen-bond acceptors (Lipinski definition) is 5. The Morgan fingerprint density at radius 3 is 2.89 bits per heavy atom. The molecular formula is C13H16ClN3OS. The number of aromatic nitrogens is 2. The molecule has 4 nitrogen and oxygen atoms in total. The molecule has 19 heavy (non-hydrogen) atoms. The average Bonchev–Trinajstić information content (AvgIpc) is 2.78. The summed E-state index contributed by atoms with van der Waals surface area (Å²) in [6.45, 7) is 5.69. The summed E-state index contributed by atoms with van der Waals surface area (Å²) < 4.78 is 5.39. The molecule has 1 N–H and O–H groups in total. The molecule has 0 atom stereocenters. The van der Waals surface area contributed by atoms with Gasteiger partial charge in [-0.2, -0.15) is 0 Å². The minimum atomic E-state index is 0.552. The van der Waals surface area contributed by atoms with Gasteiger partial charge in [0.05, 0.1) is 0 Å². The van der Waals surface area contributed by atoms with Crippen molar-refractivity contribution in [2.75, 3.05) is 6.54 Å². The smallest absolute Gasteiger partial charge is 0.281 e. The van der Waals surface area contributed by atoms with Gasteiger partial charge in [-0.15, -0.1) is 10.2 Å². The van der Waals surface area contributed by atoms with Crippen LogP contribution >= 0.6 is 23.4 Å². The van der Waals surface area contributed by atoms with E-state index in [0.717, 1.165) is 35.0 Å². The lowest BCUT2D eigenvalue weighted by Crippen LogP contribution is -2.14. The van der Waals surface area contributed by atoms with E-state index in [2.05, 4.69) is 22.4 Å². The summed E-state index contributed by atoms with van der Waals surface area (Å²) in [6.07, 6.45) is 1.10. The Labute approximate surface area is 121 Å². The van der Waals surface area contributed by atoms with Crippen LogP contribution in [0.2, 0.25) is 5.02 Å². The van der Waals surface area contributed by atoms with E-state index in [0.29, 0.717) is 11.1 Å². The SMILES string of the molecule is CCCNCc1cc(Cl)ccc1Sc1nnc(C)o1. The second kappa shape index (κ2) is 6.93. The second-order valence-electron chi connectivity index (χ2n) is 4.12. The van der Waals surface area contributed by atoms with Crippen LogP contribution in [0.25, 0.3) is 0 Å². The lowest BCUT2D eigenvalue weighted by atomic mass is 10.2. The van der Waals surface area contributed by atoms with Gasteiger partial charge in [0.15, 0.2) is 0 Å². The molecule has 2 rings (SSSR count). The number of nitrogens with one attached hydrogen (secondary N) is 1. The van der Waals surface area contributed by atoms with Crippen molar-refractivity contribution in [3.63, 3.8) is 0 Å². The highest BCUT2D eigenvalue weighted by Crippen LogP contribution is 2.31. The van der Waals surface area contributed by atoms with Gasteiger partial charge in [0.25, 0.3) is 5.22 Å². The first-order valence-electron chi connectivity index (χ1n) is 6.16. The molecule has 102 valence electrons. The third-order valence-electron chi connectivity index (χ3n) is 2.47. The lowest BCUT2D eigenvalue weighted by Gasteiger charge is -2.09. The van der Waals surface area contributed by atoms with Crippen molar-refractivity contribution < 1.29 is 4.42 Å². The predicted molar refractivity (Wildman–Crippen MR) is 76.6 cm³/mol. The Bertz CT molecular complexity index is 544. The molecule has 0 bridgehead atoms. The van der Waals surface area contributed by atoms with Crippen LogP contribution in [0.5, 0.6) is 0 Å². The number of benzene rings is 1. The van der Waals surface area contributed by atoms with Crippen LogP contribution in [0.4, 0.5) is 0 Å². The molecule has 1 aromatic heterocycles. The molecular weight excluding hydrogens is 282 g/mol. The van der Waals surface area contributed by atoms with Crippen molar-refractivity contribution in [3.8, 4) is 0 Å². The molecule has 0 aliphatic carbocycles. The average molecular weight is 298 g/mol. The largest absolute Gasteiger partial charge is 0.416 e. The lowest BCUT2D eigenvalue weighted by molar-refractivity contribution is 0.429. The summed E-state index contributed by atoms with van der Waals surface area (Å²) in [5.74, 6) is 0.571. The molecule has 0 saturated heterocycles. The minimum Gasteiger partial charge on any atom is -0.416 e. The first-order valence-corrected chi connectivity index (χ1v) is 7.35. The maximum atomic E-state index is 6.05. The van der Waals surface area contributed by atoms with Gasteiger partial charge >= 0.3 is 0 Å². The van der Waals surface area contributed by atoms with Gasteiger partial charge in [-0.25, -0.2) is 0 Å². The Kier molecular flexibility index (Phi) is 5.24. The van der Waals surface area contributed by atoms with E-state index in [1.54, 1.807) is 6.92 Å². The highest BCUT2D eigenvalue weighted by molar-refractivity contribution is 7.99. The highest BCUT2D eigenvalue weighted by atomic mass is 35.5. The molecule has 1 heterocycles. The van der Waals surface area contributed by atoms with E-state index in [1.165, 1.54) is 11.8 Å². The van der Waals surface area contributed by atoms with E-state index in [4.69, 9.17) is 16.0 Å². The molecule has 2 aromatic rings. The third-order valence-corrected chi connectivity index (χ3v) is 3.66. The van der Waals surface area contributed by atoms with E-state index in [9.17, 15) is 0 Å². The molecule has 0 unspecified atom stereocenters. The maximum Gasteiger partial charge on any atom is 0.281 e. The van der Waals surface area contributed by atoms with Crippen LogP contribution in [0, 0.1) is 6.92 Å². The normalized spacial score (nSPS) is 10.9. The van der Waals surface area contributed by atoms with Crippen molar-refractivity contribution in [3.05, 3.63) is 34.7 Å². The number of nitrogens with zero attached hydrogens (tertiary/aromatic N) is 2. The molecule has 0 spiro atoms. The zero-order chi connectivity index (χ0) is 13.7. The quantitative estimate of drug-likeness (QED) is 0.824. The summed E-state index contributed by atoms with van der Waals surface area (Å²) >= 11 is 7.51. The van der Waals surface area contributed by atoms with Crippen LogP contribution in [0.15, 0.2) is 32.7 Å². The molecule has 0 saturated carbocycles. The standard InChI is InChI=1S/C13H16ClN3OS/c1-3-6-15-8-10-7-11(14)4-5-12(10)19-13-17-16-9(2)18-13/h4-5,7,15H,3,6,8H2,1-2H3. The van der Waals surface area contributed by atoms with Gasteiger partial charge in [0.1, 0.15) is 0 Å². The van der Waals surface area contributed by atoms with Gasteiger partial charge in [-0.3, -0.25) is 0 Å². The van der Waals surface area contributed by atoms with Gasteiger partial charge in [0, 0.05) is 23.4 Å². The first-order chi connectivity index (χ1) is 9.19. The van der Waals surface area contributed by atoms with Crippen LogP contribution in [0.1, 0.15) is 24.8 Å². The molecule has 0 aliphatic rings. The molecule has 1 aromatic carbocycles. The summed E-state index contributed by atoms with van der Waals surface area (Å²) in [6, 6.07) is 5.82. The fraction of sp³-hybridized carbons (Fsp3) is 0.385. The maximum absolute atomic E-state index is 6.05. The number of halogens is 1. The highest BCUT2D eigenvalue weighted by Gasteiger charge is 2.09. The topological polar surface area (TPSA) is 51.0 Å². The monoisotopic (exact) mass is 297 g/mol. The number of aryl methyl sites for hydroxylation is 1. The van der Waals surface area contributed by atoms with E-state index in [-0.39, 0.29) is 0 Å². The molecule has 6 heteroatoms. The van der Waals surface area contributed by atoms with Crippen LogP contribution in [-0.4, -0.2) is 16.7 Å². The van der Waals surface area contributed by atoms with Gasteiger partial charge in [-0.1, -0.05) is 18.5 Å². The Hall–Kier alpha value is -1.04. The fourth-order valence-electron chi connectivity index (χ4n) is 1.60. The zero-order valence-corrected chi connectivity index (χ0v) is 12.5. The van der Waals surface area contributed by atoms with Crippen molar-refractivity contribution in [1.29, 1.82) is 0 Å². The summed E-state index contributed by atoms with van der Waals surface area (Å²) in [7, 11) is 0. The number of rotatable bonds is 6. The van der Waals surface area contributed by atoms with E-state index in [1.807, 2.05) is 18.2 Å². The first kappa shape index (κ1) is 14.4. The minimum absolute atomic E-state index is 0.552. The molecule has 0 aliphatic heterocycles. The third kappa shape index (κ3) is 4.23. The van der Waals surface area contributed by atoms with E-state index < -0.39 is 0 Å². The zero-order valence-electron chi connectivity index (χ0n) is 10.9. The Morgan fingerprint density at radius 2 is 2.21 bits per heavy atom. The van der Waals surface area contributed by atoms with Gasteiger partial charge in [0.2, 0.25) is 5.89 Å². The van der Waals surface area contributed by atoms with Crippen molar-refractivity contribution >= 4 is 23.4 Å². The van der Waals surface area contributed by atoms with Crippen molar-refractivity contribution in [1.82, 2.24) is 15.5 Å². The van der Waals surface area contributed by atoms with Crippen molar-refractivity contribution in [2.24, 2.45) is 0 Å². The van der Waals surface area contributed by atoms with Gasteiger partial charge in [-0.05, 0) is 48.5 Å². The fourth-order valence-corrected chi connectivity index (χ4v) is 2.62. The Morgan fingerprint density at radius 1 is 1.37 bits per heavy atom. The summed E-state index contributed by atoms with van der Waals surface area (Å²) in [5.41, 5.74) is 1.14. The molecule has 0 fully saturated rings. The molecule has 0 radical (unpaired) electrons. The predicted octanol–water partition coefficient (Wildman–Crippen LogP) is 3.68. The molecule has 0 amide bonds. The van der Waals surface area contributed by atoms with E-state index >= 15 is 0 Å². The van der Waals surface area contributed by atoms with Crippen molar-refractivity contribution in [2.45, 2.75) is 36.9 Å². The van der Waals surface area contributed by atoms with Crippen LogP contribution in [0.3, 0.4) is 0 Å². The van der Waals surface area contributed by atoms with Crippen LogP contribution < -0.4 is 5.32 Å². The number of hydrogen-bond donors (Lipinski definition) is 1. The second-order valence-corrected chi connectivity index (χ2v) is 5.55. The Balaban J connectivity index is 2.14. The summed E-state index contributed by atoms with van der Waals surface area (Å²) in [5, 5.41) is 12.5. The van der Waals surface area contributed by atoms with Gasteiger partial charge < -0.3 is 9.73 Å².